The van der Waals surface area contributed by atoms with E-state index in [-0.39, 0.29) is 29.6 Å². The third-order valence-electron chi connectivity index (χ3n) is 0. The van der Waals surface area contributed by atoms with E-state index in [1.54, 1.807) is 0 Å². The van der Waals surface area contributed by atoms with E-state index in [1.807, 2.05) is 0 Å². The van der Waals surface area contributed by atoms with Crippen molar-refractivity contribution in [2.24, 2.45) is 0 Å². The Morgan fingerprint density at radius 3 is 1.60 bits per heavy atom. The Balaban J connectivity index is -0.0000000910. The van der Waals surface area contributed by atoms with Crippen LogP contribution in [0.15, 0.2) is 0 Å². The predicted octanol–water partition coefficient (Wildman–Crippen LogP) is -3.92. The molecule has 8 heteroatoms. The van der Waals surface area contributed by atoms with E-state index in [2.05, 4.69) is 10.7 Å². The molecule has 0 amide bonds. The first-order chi connectivity index (χ1) is 3.73. The second-order valence-corrected chi connectivity index (χ2v) is 3.99. The summed E-state index contributed by atoms with van der Waals surface area (Å²) < 4.78 is 18.8. The largest absolute Gasteiger partial charge is 1.00 e. The average Bonchev–Trinajstić information content (AvgIpc) is 1.19. The molecule has 0 aromatic carbocycles. The summed E-state index contributed by atoms with van der Waals surface area (Å²) in [6.07, 6.45) is -1.16. The standard InChI is InChI=1S/CH3ClO2S.CH2O3.Na/c1-5(2,3)4;2-1(3)4;/h1H3;(H2,2,3,4);/q;;+1/p-1. The van der Waals surface area contributed by atoms with Gasteiger partial charge in [0.2, 0.25) is 15.2 Å². The summed E-state index contributed by atoms with van der Waals surface area (Å²) >= 11 is 0. The zero-order chi connectivity index (χ0) is 8.08. The zero-order valence-corrected chi connectivity index (χ0v) is 8.94. The van der Waals surface area contributed by atoms with Gasteiger partial charge in [-0.15, -0.1) is 0 Å². The van der Waals surface area contributed by atoms with E-state index in [1.165, 1.54) is 0 Å². The Labute approximate surface area is 84.7 Å². The molecule has 0 aliphatic heterocycles. The molecule has 0 aliphatic carbocycles. The van der Waals surface area contributed by atoms with Gasteiger partial charge in [-0.3, -0.25) is 0 Å². The number of halogens is 1. The van der Waals surface area contributed by atoms with Crippen molar-refractivity contribution in [3.05, 3.63) is 0 Å². The van der Waals surface area contributed by atoms with Gasteiger partial charge in [-0.05, 0) is 0 Å². The smallest absolute Gasteiger partial charge is 0.565 e. The van der Waals surface area contributed by atoms with Crippen molar-refractivity contribution in [1.82, 2.24) is 0 Å². The van der Waals surface area contributed by atoms with Crippen LogP contribution in [0.4, 0.5) is 4.79 Å². The Morgan fingerprint density at radius 1 is 1.60 bits per heavy atom. The van der Waals surface area contributed by atoms with Crippen LogP contribution in [0.25, 0.3) is 0 Å². The number of carbonyl (C=O) groups is 1. The van der Waals surface area contributed by atoms with Crippen molar-refractivity contribution >= 4 is 25.9 Å². The summed E-state index contributed by atoms with van der Waals surface area (Å²) in [6.45, 7) is 0. The molecule has 0 spiro atoms. The van der Waals surface area contributed by atoms with Crippen LogP contribution in [0.1, 0.15) is 0 Å². The molecule has 10 heavy (non-hydrogen) atoms. The maximum atomic E-state index is 9.40. The molecule has 0 saturated carbocycles. The number of hydrogen-bond donors (Lipinski definition) is 1. The van der Waals surface area contributed by atoms with Gasteiger partial charge in [0.05, 0.1) is 6.26 Å². The van der Waals surface area contributed by atoms with Gasteiger partial charge in [-0.1, -0.05) is 0 Å². The van der Waals surface area contributed by atoms with Crippen LogP contribution in [-0.4, -0.2) is 25.9 Å². The molecule has 0 unspecified atom stereocenters. The van der Waals surface area contributed by atoms with Crippen LogP contribution in [0, 0.1) is 0 Å². The molecule has 0 aromatic heterocycles. The van der Waals surface area contributed by atoms with Crippen LogP contribution < -0.4 is 34.7 Å². The molecule has 0 aromatic rings. The first-order valence-corrected chi connectivity index (χ1v) is 4.25. The predicted molar refractivity (Wildman–Crippen MR) is 28.7 cm³/mol. The van der Waals surface area contributed by atoms with Crippen molar-refractivity contribution in [2.45, 2.75) is 0 Å². The van der Waals surface area contributed by atoms with Gasteiger partial charge in [0.1, 0.15) is 0 Å². The van der Waals surface area contributed by atoms with Crippen molar-refractivity contribution in [3.63, 3.8) is 0 Å². The molecular weight excluding hydrogens is 195 g/mol. The van der Waals surface area contributed by atoms with Gasteiger partial charge < -0.3 is 15.0 Å². The number of carboxylic acid groups (broad SMARTS) is 2. The van der Waals surface area contributed by atoms with E-state index in [9.17, 15) is 8.42 Å². The summed E-state index contributed by atoms with van der Waals surface area (Å²) in [5.74, 6) is 0. The van der Waals surface area contributed by atoms with Crippen molar-refractivity contribution in [1.29, 1.82) is 0 Å². The van der Waals surface area contributed by atoms with E-state index >= 15 is 0 Å². The zero-order valence-electron chi connectivity index (χ0n) is 5.37. The second-order valence-electron chi connectivity index (χ2n) is 0.948. The summed E-state index contributed by atoms with van der Waals surface area (Å²) in [4.78, 5) is 8.44. The summed E-state index contributed by atoms with van der Waals surface area (Å²) in [5, 5.41) is 15.3. The normalized spacial score (nSPS) is 8.20. The molecule has 0 saturated heterocycles. The van der Waals surface area contributed by atoms with Crippen LogP contribution in [0.2, 0.25) is 0 Å². The van der Waals surface area contributed by atoms with Crippen LogP contribution >= 0.6 is 10.7 Å². The topological polar surface area (TPSA) is 94.5 Å². The fourth-order valence-electron chi connectivity index (χ4n) is 0. The maximum Gasteiger partial charge on any atom is 1.00 e. The third kappa shape index (κ3) is 1850. The van der Waals surface area contributed by atoms with Gasteiger partial charge >= 0.3 is 29.6 Å². The molecule has 56 valence electrons. The van der Waals surface area contributed by atoms with Gasteiger partial charge in [0, 0.05) is 10.7 Å². The minimum Gasteiger partial charge on any atom is -0.565 e. The molecule has 0 fully saturated rings. The SMILES string of the molecule is CS(=O)(=O)Cl.O=C([O-])O.[Na+]. The second kappa shape index (κ2) is 7.62. The molecule has 0 radical (unpaired) electrons. The van der Waals surface area contributed by atoms with E-state index in [0.717, 1.165) is 6.26 Å². The van der Waals surface area contributed by atoms with Gasteiger partial charge in [0.25, 0.3) is 0 Å². The molecule has 0 atom stereocenters. The van der Waals surface area contributed by atoms with Crippen LogP contribution in [0.3, 0.4) is 0 Å². The van der Waals surface area contributed by atoms with E-state index in [4.69, 9.17) is 15.0 Å². The van der Waals surface area contributed by atoms with E-state index in [0.29, 0.717) is 0 Å². The van der Waals surface area contributed by atoms with Gasteiger partial charge in [-0.2, -0.15) is 0 Å². The Bertz CT molecular complexity index is 162. The van der Waals surface area contributed by atoms with Crippen LogP contribution in [-0.2, 0) is 9.05 Å². The third-order valence-corrected chi connectivity index (χ3v) is 0. The van der Waals surface area contributed by atoms with Gasteiger partial charge in [-0.25, -0.2) is 8.42 Å². The minimum atomic E-state index is -3.19. The fraction of sp³-hybridized carbons (Fsp3) is 0.500. The van der Waals surface area contributed by atoms with Crippen molar-refractivity contribution in [2.75, 3.05) is 6.26 Å². The van der Waals surface area contributed by atoms with Crippen molar-refractivity contribution < 1.29 is 53.0 Å². The van der Waals surface area contributed by atoms with Gasteiger partial charge in [0.15, 0.2) is 0 Å². The fourth-order valence-corrected chi connectivity index (χ4v) is 0. The average molecular weight is 199 g/mol. The first-order valence-electron chi connectivity index (χ1n) is 1.53. The number of rotatable bonds is 0. The molecule has 0 rings (SSSR count). The molecule has 0 bridgehead atoms. The minimum absolute atomic E-state index is 0. The first kappa shape index (κ1) is 16.9. The van der Waals surface area contributed by atoms with Crippen LogP contribution in [0.5, 0.6) is 0 Å². The molecular formula is C2H4ClNaO5S. The molecule has 1 N–H and O–H groups in total. The Morgan fingerprint density at radius 2 is 1.60 bits per heavy atom. The summed E-state index contributed by atoms with van der Waals surface area (Å²) in [5.41, 5.74) is 0. The Kier molecular flexibility index (Phi) is 12.8. The maximum absolute atomic E-state index is 9.40. The Hall–Kier alpha value is 0.510. The summed E-state index contributed by atoms with van der Waals surface area (Å²) in [6, 6.07) is 0. The molecule has 0 heterocycles. The molecule has 0 aliphatic rings. The number of hydrogen-bond acceptors (Lipinski definition) is 4. The van der Waals surface area contributed by atoms with E-state index < -0.39 is 15.2 Å². The quantitative estimate of drug-likeness (QED) is 0.317. The molecule has 5 nitrogen and oxygen atoms in total. The monoisotopic (exact) mass is 198 g/mol. The summed E-state index contributed by atoms with van der Waals surface area (Å²) in [7, 11) is 1.31. The van der Waals surface area contributed by atoms with Crippen molar-refractivity contribution in [3.8, 4) is 0 Å².